The Morgan fingerprint density at radius 1 is 1.06 bits per heavy atom. The minimum Gasteiger partial charge on any atom is -0.411 e. The number of hydrogen-bond donors (Lipinski definition) is 2. The Kier molecular flexibility index (Phi) is 5.90. The number of oxime groups is 1. The van der Waals surface area contributed by atoms with Crippen LogP contribution < -0.4 is 0 Å². The van der Waals surface area contributed by atoms with Gasteiger partial charge < -0.3 is 10.3 Å². The second-order valence-electron chi connectivity index (χ2n) is 11.2. The first-order valence-electron chi connectivity index (χ1n) is 12.4. The number of aliphatic hydroxyl groups is 1. The number of halogens is 1. The van der Waals surface area contributed by atoms with E-state index in [0.29, 0.717) is 11.8 Å². The second-order valence-corrected chi connectivity index (χ2v) is 12.2. The number of aliphatic hydroxyl groups excluding tert-OH is 1. The van der Waals surface area contributed by atoms with Gasteiger partial charge in [-0.25, -0.2) is 0 Å². The summed E-state index contributed by atoms with van der Waals surface area (Å²) in [5.74, 6) is 2.46. The molecule has 0 radical (unpaired) electrons. The van der Waals surface area contributed by atoms with Crippen molar-refractivity contribution in [2.75, 3.05) is 0 Å². The lowest BCUT2D eigenvalue weighted by Crippen LogP contribution is -2.51. The zero-order chi connectivity index (χ0) is 22.5. The topological polar surface area (TPSA) is 52.8 Å². The smallest absolute Gasteiger partial charge is 0.0832 e. The molecule has 0 aliphatic heterocycles. The van der Waals surface area contributed by atoms with Gasteiger partial charge in [-0.05, 0) is 104 Å². The SMILES string of the molecule is C[C@]12CC[C@H]3[C@@H](CC=C4CC(O)CC[C@@]43C)[C@@H]1CC[C@@H]2C(/C=C/c1ccc(Br)cc1)=N\O. The van der Waals surface area contributed by atoms with Crippen molar-refractivity contribution in [2.45, 2.75) is 71.3 Å². The third-order valence-electron chi connectivity index (χ3n) is 9.87. The Bertz CT molecular complexity index is 951. The van der Waals surface area contributed by atoms with Crippen molar-refractivity contribution in [3.05, 3.63) is 52.0 Å². The van der Waals surface area contributed by atoms with Gasteiger partial charge in [-0.15, -0.1) is 0 Å². The Morgan fingerprint density at radius 2 is 1.84 bits per heavy atom. The van der Waals surface area contributed by atoms with Gasteiger partial charge in [-0.2, -0.15) is 0 Å². The molecule has 0 heterocycles. The maximum Gasteiger partial charge on any atom is 0.0832 e. The molecule has 0 aromatic heterocycles. The number of benzene rings is 1. The molecule has 4 aliphatic rings. The van der Waals surface area contributed by atoms with Gasteiger partial charge in [0.05, 0.1) is 11.8 Å². The second kappa shape index (κ2) is 8.43. The van der Waals surface area contributed by atoms with E-state index in [2.05, 4.69) is 59.2 Å². The number of rotatable bonds is 3. The molecule has 1 aromatic rings. The zero-order valence-corrected chi connectivity index (χ0v) is 20.9. The minimum atomic E-state index is -0.142. The largest absolute Gasteiger partial charge is 0.411 e. The van der Waals surface area contributed by atoms with E-state index in [1.165, 1.54) is 24.8 Å². The van der Waals surface area contributed by atoms with Crippen molar-refractivity contribution in [2.24, 2.45) is 39.7 Å². The third kappa shape index (κ3) is 3.62. The summed E-state index contributed by atoms with van der Waals surface area (Å²) >= 11 is 3.49. The van der Waals surface area contributed by atoms with Crippen LogP contribution in [-0.2, 0) is 0 Å². The highest BCUT2D eigenvalue weighted by Crippen LogP contribution is 2.66. The number of allylic oxidation sites excluding steroid dienone is 2. The van der Waals surface area contributed by atoms with E-state index in [-0.39, 0.29) is 16.9 Å². The molecule has 5 rings (SSSR count). The lowest BCUT2D eigenvalue weighted by Gasteiger charge is -2.58. The van der Waals surface area contributed by atoms with Crippen LogP contribution in [0.3, 0.4) is 0 Å². The van der Waals surface area contributed by atoms with Gasteiger partial charge in [0.2, 0.25) is 0 Å². The van der Waals surface area contributed by atoms with Gasteiger partial charge in [0.25, 0.3) is 0 Å². The summed E-state index contributed by atoms with van der Waals surface area (Å²) in [4.78, 5) is 0. The van der Waals surface area contributed by atoms with E-state index in [1.807, 2.05) is 18.2 Å². The van der Waals surface area contributed by atoms with Crippen LogP contribution >= 0.6 is 15.9 Å². The molecular weight excluding hydrogens is 462 g/mol. The molecule has 0 amide bonds. The highest BCUT2D eigenvalue weighted by molar-refractivity contribution is 9.10. The summed E-state index contributed by atoms with van der Waals surface area (Å²) in [7, 11) is 0. The van der Waals surface area contributed by atoms with Crippen molar-refractivity contribution in [3.8, 4) is 0 Å². The molecule has 172 valence electrons. The summed E-state index contributed by atoms with van der Waals surface area (Å²) in [5, 5.41) is 24.0. The molecule has 3 nitrogen and oxygen atoms in total. The lowest BCUT2D eigenvalue weighted by atomic mass is 9.47. The summed E-state index contributed by atoms with van der Waals surface area (Å²) in [5.41, 5.74) is 3.97. The molecule has 1 aromatic carbocycles. The van der Waals surface area contributed by atoms with Crippen LogP contribution in [-0.4, -0.2) is 22.1 Å². The highest BCUT2D eigenvalue weighted by Gasteiger charge is 2.59. The molecule has 3 saturated carbocycles. The number of hydrogen-bond acceptors (Lipinski definition) is 3. The number of fused-ring (bicyclic) bond motifs is 5. The quantitative estimate of drug-likeness (QED) is 0.200. The number of nitrogens with zero attached hydrogens (tertiary/aromatic N) is 1. The molecule has 4 heteroatoms. The molecule has 0 saturated heterocycles. The Hall–Kier alpha value is -1.39. The Morgan fingerprint density at radius 3 is 2.59 bits per heavy atom. The van der Waals surface area contributed by atoms with Crippen molar-refractivity contribution in [1.29, 1.82) is 0 Å². The molecule has 4 aliphatic carbocycles. The van der Waals surface area contributed by atoms with Crippen LogP contribution in [0, 0.1) is 34.5 Å². The lowest BCUT2D eigenvalue weighted by molar-refractivity contribution is -0.0424. The molecule has 32 heavy (non-hydrogen) atoms. The average molecular weight is 499 g/mol. The van der Waals surface area contributed by atoms with Crippen molar-refractivity contribution < 1.29 is 10.3 Å². The van der Waals surface area contributed by atoms with Crippen LogP contribution in [0.15, 0.2) is 51.6 Å². The normalized spacial score (nSPS) is 41.7. The van der Waals surface area contributed by atoms with E-state index in [4.69, 9.17) is 0 Å². The van der Waals surface area contributed by atoms with Gasteiger partial charge in [0, 0.05) is 10.4 Å². The Labute approximate surface area is 200 Å². The van der Waals surface area contributed by atoms with Gasteiger partial charge in [-0.1, -0.05) is 64.8 Å². The van der Waals surface area contributed by atoms with Crippen LogP contribution in [0.1, 0.15) is 70.8 Å². The third-order valence-corrected chi connectivity index (χ3v) is 10.4. The molecule has 0 spiro atoms. The van der Waals surface area contributed by atoms with E-state index in [1.54, 1.807) is 0 Å². The first kappa shape index (κ1) is 22.4. The van der Waals surface area contributed by atoms with Crippen molar-refractivity contribution >= 4 is 27.7 Å². The standard InChI is InChI=1S/C28H36BrNO2/c1-27-15-13-21(31)17-19(27)6-9-22-23-10-11-25(28(23,2)16-14-24(22)27)26(30-32)12-5-18-3-7-20(29)8-4-18/h3-8,12,21-25,31-32H,9-11,13-17H2,1-2H3/b12-5+,30-26-/t21?,22-,23-,24-,25+,27-,28-/m0/s1. The molecule has 7 atom stereocenters. The molecule has 0 bridgehead atoms. The van der Waals surface area contributed by atoms with Crippen LogP contribution in [0.25, 0.3) is 6.08 Å². The molecule has 3 fully saturated rings. The summed E-state index contributed by atoms with van der Waals surface area (Å²) < 4.78 is 1.07. The van der Waals surface area contributed by atoms with E-state index >= 15 is 0 Å². The van der Waals surface area contributed by atoms with E-state index in [0.717, 1.165) is 59.7 Å². The van der Waals surface area contributed by atoms with Crippen molar-refractivity contribution in [3.63, 3.8) is 0 Å². The summed E-state index contributed by atoms with van der Waals surface area (Å²) in [6.07, 6.45) is 15.4. The average Bonchev–Trinajstić information content (AvgIpc) is 3.13. The van der Waals surface area contributed by atoms with Crippen LogP contribution in [0.2, 0.25) is 0 Å². The minimum absolute atomic E-state index is 0.142. The van der Waals surface area contributed by atoms with Gasteiger partial charge in [-0.3, -0.25) is 0 Å². The summed E-state index contributed by atoms with van der Waals surface area (Å²) in [6.45, 7) is 4.95. The fraction of sp³-hybridized carbons (Fsp3) is 0.607. The molecule has 1 unspecified atom stereocenters. The maximum absolute atomic E-state index is 10.2. The van der Waals surface area contributed by atoms with Crippen LogP contribution in [0.5, 0.6) is 0 Å². The molecular formula is C28H36BrNO2. The van der Waals surface area contributed by atoms with Gasteiger partial charge in [0.15, 0.2) is 0 Å². The van der Waals surface area contributed by atoms with E-state index < -0.39 is 0 Å². The Balaban J connectivity index is 1.38. The fourth-order valence-electron chi connectivity index (χ4n) is 8.10. The van der Waals surface area contributed by atoms with Crippen LogP contribution in [0.4, 0.5) is 0 Å². The maximum atomic E-state index is 10.2. The predicted molar refractivity (Wildman–Crippen MR) is 134 cm³/mol. The monoisotopic (exact) mass is 497 g/mol. The highest BCUT2D eigenvalue weighted by atomic mass is 79.9. The zero-order valence-electron chi connectivity index (χ0n) is 19.3. The van der Waals surface area contributed by atoms with Crippen molar-refractivity contribution in [1.82, 2.24) is 0 Å². The first-order chi connectivity index (χ1) is 15.3. The van der Waals surface area contributed by atoms with Gasteiger partial charge in [0.1, 0.15) is 0 Å². The molecule has 2 N–H and O–H groups in total. The summed E-state index contributed by atoms with van der Waals surface area (Å²) in [6, 6.07) is 8.24. The fourth-order valence-corrected chi connectivity index (χ4v) is 8.37. The predicted octanol–water partition coefficient (Wildman–Crippen LogP) is 7.23. The van der Waals surface area contributed by atoms with E-state index in [9.17, 15) is 10.3 Å². The van der Waals surface area contributed by atoms with Gasteiger partial charge >= 0.3 is 0 Å². The first-order valence-corrected chi connectivity index (χ1v) is 13.2.